The summed E-state index contributed by atoms with van der Waals surface area (Å²) in [5, 5.41) is 8.43. The summed E-state index contributed by atoms with van der Waals surface area (Å²) in [6.45, 7) is 2.26. The molecule has 0 aliphatic carbocycles. The molecular formula is C8H14BrN3O2S. The maximum absolute atomic E-state index is 11.2. The van der Waals surface area contributed by atoms with E-state index in [9.17, 15) is 8.42 Å². The SMILES string of the molecule is CCS(=O)(=O)CCCn1cc(CBr)nn1. The number of halogens is 1. The predicted octanol–water partition coefficient (Wildman–Crippen LogP) is 0.998. The Balaban J connectivity index is 2.38. The minimum Gasteiger partial charge on any atom is -0.252 e. The predicted molar refractivity (Wildman–Crippen MR) is 61.6 cm³/mol. The Morgan fingerprint density at radius 2 is 2.27 bits per heavy atom. The van der Waals surface area contributed by atoms with E-state index in [0.29, 0.717) is 18.3 Å². The highest BCUT2D eigenvalue weighted by Gasteiger charge is 2.07. The van der Waals surface area contributed by atoms with Gasteiger partial charge in [-0.3, -0.25) is 4.68 Å². The number of sulfone groups is 1. The molecule has 0 aliphatic heterocycles. The minimum atomic E-state index is -2.86. The van der Waals surface area contributed by atoms with Crippen LogP contribution in [0.5, 0.6) is 0 Å². The maximum Gasteiger partial charge on any atom is 0.150 e. The lowest BCUT2D eigenvalue weighted by atomic mass is 10.5. The van der Waals surface area contributed by atoms with Gasteiger partial charge in [0.2, 0.25) is 0 Å². The Morgan fingerprint density at radius 1 is 1.53 bits per heavy atom. The lowest BCUT2D eigenvalue weighted by molar-refractivity contribution is 0.562. The van der Waals surface area contributed by atoms with Crippen molar-refractivity contribution in [2.24, 2.45) is 0 Å². The van der Waals surface area contributed by atoms with Crippen LogP contribution in [0.3, 0.4) is 0 Å². The average molecular weight is 296 g/mol. The van der Waals surface area contributed by atoms with Crippen LogP contribution in [-0.2, 0) is 21.7 Å². The fourth-order valence-electron chi connectivity index (χ4n) is 1.10. The van der Waals surface area contributed by atoms with E-state index in [1.807, 2.05) is 6.20 Å². The molecule has 1 aromatic rings. The van der Waals surface area contributed by atoms with Crippen molar-refractivity contribution in [1.82, 2.24) is 15.0 Å². The molecule has 86 valence electrons. The Hall–Kier alpha value is -0.430. The smallest absolute Gasteiger partial charge is 0.150 e. The summed E-state index contributed by atoms with van der Waals surface area (Å²) in [6, 6.07) is 0. The van der Waals surface area contributed by atoms with Crippen molar-refractivity contribution < 1.29 is 8.42 Å². The molecule has 0 unspecified atom stereocenters. The molecule has 0 fully saturated rings. The first-order valence-electron chi connectivity index (χ1n) is 4.73. The standard InChI is InChI=1S/C8H14BrN3O2S/c1-2-15(13,14)5-3-4-12-7-8(6-9)10-11-12/h7H,2-6H2,1H3. The van der Waals surface area contributed by atoms with Crippen molar-refractivity contribution in [3.05, 3.63) is 11.9 Å². The quantitative estimate of drug-likeness (QED) is 0.735. The molecule has 0 aliphatic rings. The van der Waals surface area contributed by atoms with Gasteiger partial charge in [-0.05, 0) is 6.42 Å². The molecule has 5 nitrogen and oxygen atoms in total. The van der Waals surface area contributed by atoms with Crippen LogP contribution in [0.2, 0.25) is 0 Å². The lowest BCUT2D eigenvalue weighted by Crippen LogP contribution is -2.11. The molecule has 0 aromatic carbocycles. The first-order chi connectivity index (χ1) is 7.07. The van der Waals surface area contributed by atoms with Crippen molar-refractivity contribution in [2.75, 3.05) is 11.5 Å². The molecule has 15 heavy (non-hydrogen) atoms. The van der Waals surface area contributed by atoms with Crippen molar-refractivity contribution in [2.45, 2.75) is 25.2 Å². The van der Waals surface area contributed by atoms with Crippen LogP contribution >= 0.6 is 15.9 Å². The fourth-order valence-corrected chi connectivity index (χ4v) is 2.21. The summed E-state index contributed by atoms with van der Waals surface area (Å²) < 4.78 is 24.1. The largest absolute Gasteiger partial charge is 0.252 e. The van der Waals surface area contributed by atoms with Crippen molar-refractivity contribution in [3.63, 3.8) is 0 Å². The van der Waals surface area contributed by atoms with Gasteiger partial charge in [-0.15, -0.1) is 5.10 Å². The molecule has 0 bridgehead atoms. The highest BCUT2D eigenvalue weighted by Crippen LogP contribution is 2.01. The molecule has 0 amide bonds. The molecule has 0 saturated carbocycles. The van der Waals surface area contributed by atoms with Crippen LogP contribution in [0.25, 0.3) is 0 Å². The summed E-state index contributed by atoms with van der Waals surface area (Å²) in [4.78, 5) is 0. The van der Waals surface area contributed by atoms with E-state index in [0.717, 1.165) is 5.69 Å². The summed E-state index contributed by atoms with van der Waals surface area (Å²) in [5.41, 5.74) is 0.855. The number of aryl methyl sites for hydroxylation is 1. The topological polar surface area (TPSA) is 64.8 Å². The van der Waals surface area contributed by atoms with Crippen LogP contribution in [0.15, 0.2) is 6.20 Å². The van der Waals surface area contributed by atoms with Crippen LogP contribution in [0.4, 0.5) is 0 Å². The summed E-state index contributed by atoms with van der Waals surface area (Å²) in [6.07, 6.45) is 2.40. The first kappa shape index (κ1) is 12.6. The van der Waals surface area contributed by atoms with Gasteiger partial charge in [-0.25, -0.2) is 8.42 Å². The fraction of sp³-hybridized carbons (Fsp3) is 0.750. The van der Waals surface area contributed by atoms with Gasteiger partial charge in [-0.2, -0.15) is 0 Å². The zero-order valence-corrected chi connectivity index (χ0v) is 11.0. The Labute approximate surface area is 97.9 Å². The summed E-state index contributed by atoms with van der Waals surface area (Å²) >= 11 is 3.27. The van der Waals surface area contributed by atoms with Gasteiger partial charge < -0.3 is 0 Å². The second-order valence-corrected chi connectivity index (χ2v) is 6.23. The lowest BCUT2D eigenvalue weighted by Gasteiger charge is -2.00. The molecule has 1 rings (SSSR count). The first-order valence-corrected chi connectivity index (χ1v) is 7.67. The van der Waals surface area contributed by atoms with Gasteiger partial charge in [0.05, 0.1) is 11.4 Å². The molecular weight excluding hydrogens is 282 g/mol. The van der Waals surface area contributed by atoms with Crippen LogP contribution in [0.1, 0.15) is 19.0 Å². The second kappa shape index (κ2) is 5.60. The number of alkyl halides is 1. The average Bonchev–Trinajstić information content (AvgIpc) is 2.66. The van der Waals surface area contributed by atoms with Gasteiger partial charge in [-0.1, -0.05) is 28.1 Å². The molecule has 0 radical (unpaired) electrons. The van der Waals surface area contributed by atoms with Gasteiger partial charge in [0.1, 0.15) is 9.84 Å². The summed E-state index contributed by atoms with van der Waals surface area (Å²) in [5.74, 6) is 0.421. The Bertz CT molecular complexity index is 402. The Kier molecular flexibility index (Phi) is 4.72. The second-order valence-electron chi connectivity index (χ2n) is 3.20. The van der Waals surface area contributed by atoms with E-state index in [1.54, 1.807) is 11.6 Å². The molecule has 7 heteroatoms. The van der Waals surface area contributed by atoms with Crippen LogP contribution in [0, 0.1) is 0 Å². The molecule has 0 atom stereocenters. The zero-order valence-electron chi connectivity index (χ0n) is 8.56. The third-order valence-electron chi connectivity index (χ3n) is 2.01. The van der Waals surface area contributed by atoms with Crippen molar-refractivity contribution >= 4 is 25.8 Å². The number of aromatic nitrogens is 3. The van der Waals surface area contributed by atoms with Crippen molar-refractivity contribution in [1.29, 1.82) is 0 Å². The van der Waals surface area contributed by atoms with Gasteiger partial charge in [0.25, 0.3) is 0 Å². The molecule has 1 aromatic heterocycles. The van der Waals surface area contributed by atoms with Gasteiger partial charge >= 0.3 is 0 Å². The van der Waals surface area contributed by atoms with Gasteiger partial charge in [0, 0.05) is 23.8 Å². The number of hydrogen-bond donors (Lipinski definition) is 0. The van der Waals surface area contributed by atoms with Gasteiger partial charge in [0.15, 0.2) is 0 Å². The molecule has 0 spiro atoms. The van der Waals surface area contributed by atoms with E-state index in [4.69, 9.17) is 0 Å². The van der Waals surface area contributed by atoms with E-state index in [1.165, 1.54) is 0 Å². The van der Waals surface area contributed by atoms with Crippen LogP contribution in [-0.4, -0.2) is 34.9 Å². The summed E-state index contributed by atoms with van der Waals surface area (Å²) in [7, 11) is -2.86. The third-order valence-corrected chi connectivity index (χ3v) is 4.37. The highest BCUT2D eigenvalue weighted by molar-refractivity contribution is 9.08. The third kappa shape index (κ3) is 4.29. The van der Waals surface area contributed by atoms with Crippen LogP contribution < -0.4 is 0 Å². The monoisotopic (exact) mass is 295 g/mol. The van der Waals surface area contributed by atoms with Crippen molar-refractivity contribution in [3.8, 4) is 0 Å². The molecule has 1 heterocycles. The minimum absolute atomic E-state index is 0.205. The number of nitrogens with zero attached hydrogens (tertiary/aromatic N) is 3. The maximum atomic E-state index is 11.2. The van der Waals surface area contributed by atoms with E-state index >= 15 is 0 Å². The van der Waals surface area contributed by atoms with E-state index in [-0.39, 0.29) is 11.5 Å². The Morgan fingerprint density at radius 3 is 2.80 bits per heavy atom. The number of rotatable bonds is 6. The zero-order chi connectivity index (χ0) is 11.3. The molecule has 0 N–H and O–H groups in total. The highest BCUT2D eigenvalue weighted by atomic mass is 79.9. The van der Waals surface area contributed by atoms with E-state index < -0.39 is 9.84 Å². The number of hydrogen-bond acceptors (Lipinski definition) is 4. The molecule has 0 saturated heterocycles. The normalized spacial score (nSPS) is 11.9. The van der Waals surface area contributed by atoms with E-state index in [2.05, 4.69) is 26.2 Å².